The van der Waals surface area contributed by atoms with Crippen LogP contribution < -0.4 is 10.6 Å². The Kier molecular flexibility index (Phi) is 6.70. The maximum absolute atomic E-state index is 12.8. The highest BCUT2D eigenvalue weighted by Gasteiger charge is 2.20. The molecule has 0 aliphatic carbocycles. The minimum absolute atomic E-state index is 0.0348. The molecule has 30 heavy (non-hydrogen) atoms. The van der Waals surface area contributed by atoms with Gasteiger partial charge in [-0.2, -0.15) is 0 Å². The van der Waals surface area contributed by atoms with Crippen molar-refractivity contribution in [3.63, 3.8) is 0 Å². The Morgan fingerprint density at radius 3 is 2.13 bits per heavy atom. The van der Waals surface area contributed by atoms with Crippen LogP contribution in [-0.4, -0.2) is 28.4 Å². The first-order valence-corrected chi connectivity index (χ1v) is 9.85. The molecule has 0 atom stereocenters. The molecule has 6 nitrogen and oxygen atoms in total. The number of carbonyl (C=O) groups is 3. The molecule has 0 heterocycles. The summed E-state index contributed by atoms with van der Waals surface area (Å²) >= 11 is 0. The van der Waals surface area contributed by atoms with Gasteiger partial charge in [-0.15, -0.1) is 0 Å². The number of amides is 2. The van der Waals surface area contributed by atoms with Crippen LogP contribution in [0.1, 0.15) is 73.4 Å². The van der Waals surface area contributed by atoms with Crippen molar-refractivity contribution in [1.82, 2.24) is 5.32 Å². The van der Waals surface area contributed by atoms with Crippen LogP contribution in [0.15, 0.2) is 42.5 Å². The number of carboxylic acids is 1. The Bertz CT molecular complexity index is 966. The van der Waals surface area contributed by atoms with Crippen LogP contribution in [0.3, 0.4) is 0 Å². The molecule has 2 aromatic carbocycles. The Morgan fingerprint density at radius 2 is 1.57 bits per heavy atom. The van der Waals surface area contributed by atoms with Gasteiger partial charge in [-0.3, -0.25) is 9.59 Å². The van der Waals surface area contributed by atoms with Crippen molar-refractivity contribution >= 4 is 23.5 Å². The second-order valence-corrected chi connectivity index (χ2v) is 9.44. The number of anilines is 1. The zero-order valence-electron chi connectivity index (χ0n) is 18.4. The number of aromatic carboxylic acids is 1. The molecular weight excluding hydrogens is 380 g/mol. The van der Waals surface area contributed by atoms with Crippen LogP contribution in [-0.2, 0) is 16.6 Å². The molecule has 0 unspecified atom stereocenters. The summed E-state index contributed by atoms with van der Waals surface area (Å²) in [6, 6.07) is 11.9. The van der Waals surface area contributed by atoms with E-state index in [0.717, 1.165) is 5.56 Å². The lowest BCUT2D eigenvalue weighted by Gasteiger charge is -2.20. The van der Waals surface area contributed by atoms with E-state index >= 15 is 0 Å². The van der Waals surface area contributed by atoms with Crippen molar-refractivity contribution in [2.75, 3.05) is 5.32 Å². The summed E-state index contributed by atoms with van der Waals surface area (Å²) in [7, 11) is 0. The lowest BCUT2D eigenvalue weighted by molar-refractivity contribution is -0.121. The van der Waals surface area contributed by atoms with E-state index in [1.807, 2.05) is 39.0 Å². The SMILES string of the molecule is CC(C)(C)NC(=O)Cc1ccc(C(=O)Nc2cccc(C(C)(C)C)c2)c(C(=O)O)c1. The van der Waals surface area contributed by atoms with Gasteiger partial charge in [0.25, 0.3) is 5.91 Å². The standard InChI is InChI=1S/C24H30N2O4/c1-23(2,3)16-8-7-9-17(14-16)25-21(28)18-11-10-15(12-19(18)22(29)30)13-20(27)26-24(4,5)6/h7-12,14H,13H2,1-6H3,(H,25,28)(H,26,27)(H,29,30). The topological polar surface area (TPSA) is 95.5 Å². The van der Waals surface area contributed by atoms with E-state index in [1.54, 1.807) is 12.1 Å². The Balaban J connectivity index is 2.26. The summed E-state index contributed by atoms with van der Waals surface area (Å²) in [4.78, 5) is 36.7. The Morgan fingerprint density at radius 1 is 0.900 bits per heavy atom. The predicted molar refractivity (Wildman–Crippen MR) is 118 cm³/mol. The van der Waals surface area contributed by atoms with Gasteiger partial charge in [0, 0.05) is 11.2 Å². The van der Waals surface area contributed by atoms with E-state index in [4.69, 9.17) is 0 Å². The second kappa shape index (κ2) is 8.69. The summed E-state index contributed by atoms with van der Waals surface area (Å²) in [5.74, 6) is -1.94. The zero-order valence-corrected chi connectivity index (χ0v) is 18.4. The third-order valence-corrected chi connectivity index (χ3v) is 4.42. The first-order chi connectivity index (χ1) is 13.8. The fourth-order valence-electron chi connectivity index (χ4n) is 2.99. The quantitative estimate of drug-likeness (QED) is 0.681. The highest BCUT2D eigenvalue weighted by Crippen LogP contribution is 2.25. The van der Waals surface area contributed by atoms with Gasteiger partial charge in [0.2, 0.25) is 5.91 Å². The zero-order chi connectivity index (χ0) is 22.7. The lowest BCUT2D eigenvalue weighted by Crippen LogP contribution is -2.41. The number of nitrogens with one attached hydrogen (secondary N) is 2. The van der Waals surface area contributed by atoms with Gasteiger partial charge in [-0.05, 0) is 61.6 Å². The lowest BCUT2D eigenvalue weighted by atomic mass is 9.87. The first kappa shape index (κ1) is 23.1. The molecule has 0 aliphatic heterocycles. The van der Waals surface area contributed by atoms with Crippen molar-refractivity contribution < 1.29 is 19.5 Å². The Hall–Kier alpha value is -3.15. The van der Waals surface area contributed by atoms with Crippen molar-refractivity contribution in [3.8, 4) is 0 Å². The van der Waals surface area contributed by atoms with Gasteiger partial charge >= 0.3 is 5.97 Å². The van der Waals surface area contributed by atoms with Crippen molar-refractivity contribution in [2.45, 2.75) is 58.9 Å². The fraction of sp³-hybridized carbons (Fsp3) is 0.375. The van der Waals surface area contributed by atoms with E-state index in [1.165, 1.54) is 12.1 Å². The molecular formula is C24H30N2O4. The third-order valence-electron chi connectivity index (χ3n) is 4.42. The van der Waals surface area contributed by atoms with Gasteiger partial charge in [0.1, 0.15) is 0 Å². The number of carboxylic acid groups (broad SMARTS) is 1. The minimum atomic E-state index is -1.22. The maximum Gasteiger partial charge on any atom is 0.336 e. The van der Waals surface area contributed by atoms with Gasteiger partial charge < -0.3 is 15.7 Å². The van der Waals surface area contributed by atoms with Crippen LogP contribution in [0.4, 0.5) is 5.69 Å². The van der Waals surface area contributed by atoms with E-state index in [9.17, 15) is 19.5 Å². The average Bonchev–Trinajstić information content (AvgIpc) is 2.59. The van der Waals surface area contributed by atoms with E-state index in [-0.39, 0.29) is 34.4 Å². The summed E-state index contributed by atoms with van der Waals surface area (Å²) in [6.07, 6.45) is 0.0348. The van der Waals surface area contributed by atoms with Crippen LogP contribution in [0.2, 0.25) is 0 Å². The van der Waals surface area contributed by atoms with Crippen molar-refractivity contribution in [2.24, 2.45) is 0 Å². The first-order valence-electron chi connectivity index (χ1n) is 9.85. The van der Waals surface area contributed by atoms with Crippen LogP contribution in [0, 0.1) is 0 Å². The summed E-state index contributed by atoms with van der Waals surface area (Å²) in [5.41, 5.74) is 1.62. The molecule has 6 heteroatoms. The smallest absolute Gasteiger partial charge is 0.336 e. The predicted octanol–water partition coefficient (Wildman–Crippen LogP) is 4.39. The number of benzene rings is 2. The third kappa shape index (κ3) is 6.44. The highest BCUT2D eigenvalue weighted by atomic mass is 16.4. The molecule has 0 aliphatic rings. The van der Waals surface area contributed by atoms with Gasteiger partial charge in [-0.1, -0.05) is 39.0 Å². The Labute approximate surface area is 177 Å². The molecule has 0 radical (unpaired) electrons. The van der Waals surface area contributed by atoms with Gasteiger partial charge in [-0.25, -0.2) is 4.79 Å². The summed E-state index contributed by atoms with van der Waals surface area (Å²) in [6.45, 7) is 11.8. The average molecular weight is 411 g/mol. The monoisotopic (exact) mass is 410 g/mol. The van der Waals surface area contributed by atoms with E-state index in [0.29, 0.717) is 11.3 Å². The molecule has 2 aromatic rings. The van der Waals surface area contributed by atoms with E-state index < -0.39 is 11.9 Å². The number of carbonyl (C=O) groups excluding carboxylic acids is 2. The summed E-state index contributed by atoms with van der Waals surface area (Å²) in [5, 5.41) is 15.2. The highest BCUT2D eigenvalue weighted by molar-refractivity contribution is 6.10. The minimum Gasteiger partial charge on any atom is -0.478 e. The van der Waals surface area contributed by atoms with E-state index in [2.05, 4.69) is 31.4 Å². The van der Waals surface area contributed by atoms with Crippen LogP contribution in [0.5, 0.6) is 0 Å². The molecule has 160 valence electrons. The number of hydrogen-bond acceptors (Lipinski definition) is 3. The van der Waals surface area contributed by atoms with Gasteiger partial charge in [0.15, 0.2) is 0 Å². The molecule has 0 aromatic heterocycles. The molecule has 0 bridgehead atoms. The molecule has 2 rings (SSSR count). The largest absolute Gasteiger partial charge is 0.478 e. The normalized spacial score (nSPS) is 11.7. The van der Waals surface area contributed by atoms with Crippen molar-refractivity contribution in [3.05, 3.63) is 64.7 Å². The molecule has 0 saturated carbocycles. The van der Waals surface area contributed by atoms with Crippen LogP contribution in [0.25, 0.3) is 0 Å². The molecule has 0 saturated heterocycles. The van der Waals surface area contributed by atoms with Crippen LogP contribution >= 0.6 is 0 Å². The molecule has 3 N–H and O–H groups in total. The fourth-order valence-corrected chi connectivity index (χ4v) is 2.99. The maximum atomic E-state index is 12.8. The van der Waals surface area contributed by atoms with Crippen molar-refractivity contribution in [1.29, 1.82) is 0 Å². The summed E-state index contributed by atoms with van der Waals surface area (Å²) < 4.78 is 0. The number of rotatable bonds is 5. The second-order valence-electron chi connectivity index (χ2n) is 9.44. The molecule has 2 amide bonds. The molecule has 0 spiro atoms. The number of hydrogen-bond donors (Lipinski definition) is 3. The van der Waals surface area contributed by atoms with Gasteiger partial charge in [0.05, 0.1) is 17.5 Å². The molecule has 0 fully saturated rings.